The van der Waals surface area contributed by atoms with Crippen LogP contribution in [0.3, 0.4) is 0 Å². The van der Waals surface area contributed by atoms with Gasteiger partial charge in [-0.05, 0) is 51.7 Å². The second kappa shape index (κ2) is 8.90. The molecule has 2 saturated carbocycles. The summed E-state index contributed by atoms with van der Waals surface area (Å²) in [6.45, 7) is 11.3. The van der Waals surface area contributed by atoms with Crippen molar-refractivity contribution in [1.82, 2.24) is 0 Å². The minimum absolute atomic E-state index is 0.0308. The Morgan fingerprint density at radius 2 is 1.53 bits per heavy atom. The molecule has 198 valence electrons. The van der Waals surface area contributed by atoms with Crippen LogP contribution in [0.4, 0.5) is 0 Å². The number of carbonyl (C=O) groups is 4. The molecule has 2 aliphatic carbocycles. The lowest BCUT2D eigenvalue weighted by Crippen LogP contribution is -2.76. The van der Waals surface area contributed by atoms with Crippen molar-refractivity contribution in [2.45, 2.75) is 96.9 Å². The summed E-state index contributed by atoms with van der Waals surface area (Å²) in [4.78, 5) is 50.1. The normalized spacial score (nSPS) is 38.4. The zero-order chi connectivity index (χ0) is 26.6. The molecule has 10 heteroatoms. The van der Waals surface area contributed by atoms with Crippen LogP contribution in [0.5, 0.6) is 0 Å². The van der Waals surface area contributed by atoms with Crippen molar-refractivity contribution in [3.8, 4) is 0 Å². The number of ether oxygens (including phenoxy) is 5. The van der Waals surface area contributed by atoms with E-state index in [4.69, 9.17) is 28.1 Å². The lowest BCUT2D eigenvalue weighted by atomic mass is 9.48. The van der Waals surface area contributed by atoms with Gasteiger partial charge >= 0.3 is 23.9 Å². The van der Waals surface area contributed by atoms with E-state index in [9.17, 15) is 19.2 Å². The number of hydrogen-bond donors (Lipinski definition) is 0. The molecule has 36 heavy (non-hydrogen) atoms. The summed E-state index contributed by atoms with van der Waals surface area (Å²) >= 11 is 0. The Kier molecular flexibility index (Phi) is 6.47. The van der Waals surface area contributed by atoms with E-state index in [1.165, 1.54) is 33.1 Å². The highest BCUT2D eigenvalue weighted by atomic mass is 16.6. The molecule has 8 atom stereocenters. The summed E-state index contributed by atoms with van der Waals surface area (Å²) in [6.07, 6.45) is -1.42. The molecular formula is C26H34O10. The van der Waals surface area contributed by atoms with E-state index in [0.29, 0.717) is 12.8 Å². The lowest BCUT2D eigenvalue weighted by molar-refractivity contribution is -0.299. The van der Waals surface area contributed by atoms with Crippen LogP contribution < -0.4 is 0 Å². The predicted molar refractivity (Wildman–Crippen MR) is 122 cm³/mol. The van der Waals surface area contributed by atoms with E-state index in [0.717, 1.165) is 0 Å². The van der Waals surface area contributed by atoms with Crippen LogP contribution in [0, 0.1) is 17.3 Å². The maximum Gasteiger partial charge on any atom is 0.374 e. The van der Waals surface area contributed by atoms with Crippen LogP contribution in [-0.2, 0) is 38.1 Å². The molecule has 0 N–H and O–H groups in total. The second-order valence-electron chi connectivity index (χ2n) is 10.8. The largest absolute Gasteiger partial charge is 0.462 e. The smallest absolute Gasteiger partial charge is 0.374 e. The van der Waals surface area contributed by atoms with Gasteiger partial charge < -0.3 is 28.1 Å². The molecule has 1 aromatic heterocycles. The second-order valence-corrected chi connectivity index (χ2v) is 10.8. The molecule has 2 heterocycles. The Labute approximate surface area is 209 Å². The molecule has 1 aromatic rings. The standard InChI is InChI=1S/C26H34O10/c1-13-10-11-18(32-14(2)27)25(7)22(35-23(30)17-9-8-12-31-17)20(33-15(3)28)19-21(34-16(4)29)26(13,25)36-24(19,5)6/h8-9,12-13,18-22H,10-11H2,1-7H3/t13-,18+,19-,20-,21-,22+,25+,26-/m1/s1. The Hall–Kier alpha value is -2.88. The fraction of sp³-hybridized carbons (Fsp3) is 0.692. The molecule has 1 saturated heterocycles. The van der Waals surface area contributed by atoms with Crippen molar-refractivity contribution in [3.05, 3.63) is 24.2 Å². The Morgan fingerprint density at radius 3 is 2.08 bits per heavy atom. The third kappa shape index (κ3) is 3.81. The fourth-order valence-corrected chi connectivity index (χ4v) is 7.00. The molecule has 0 unspecified atom stereocenters. The average molecular weight is 507 g/mol. The van der Waals surface area contributed by atoms with Gasteiger partial charge in [0.25, 0.3) is 0 Å². The summed E-state index contributed by atoms with van der Waals surface area (Å²) < 4.78 is 35.8. The molecule has 0 amide bonds. The quantitative estimate of drug-likeness (QED) is 0.434. The van der Waals surface area contributed by atoms with Crippen molar-refractivity contribution in [1.29, 1.82) is 0 Å². The molecule has 2 bridgehead atoms. The summed E-state index contributed by atoms with van der Waals surface area (Å²) in [5.74, 6) is -3.31. The number of hydrogen-bond acceptors (Lipinski definition) is 10. The number of furan rings is 1. The Balaban J connectivity index is 1.97. The predicted octanol–water partition coefficient (Wildman–Crippen LogP) is 3.21. The van der Waals surface area contributed by atoms with Crippen LogP contribution in [0.1, 0.15) is 71.9 Å². The van der Waals surface area contributed by atoms with Gasteiger partial charge in [-0.25, -0.2) is 4.79 Å². The van der Waals surface area contributed by atoms with Gasteiger partial charge in [0.1, 0.15) is 23.9 Å². The summed E-state index contributed by atoms with van der Waals surface area (Å²) in [5, 5.41) is 0. The first-order chi connectivity index (χ1) is 16.8. The lowest BCUT2D eigenvalue weighted by Gasteiger charge is -2.62. The molecule has 1 spiro atoms. The van der Waals surface area contributed by atoms with E-state index < -0.39 is 70.8 Å². The summed E-state index contributed by atoms with van der Waals surface area (Å²) in [5.41, 5.74) is -3.43. The summed E-state index contributed by atoms with van der Waals surface area (Å²) in [6, 6.07) is 3.02. The molecule has 1 aliphatic heterocycles. The first kappa shape index (κ1) is 26.2. The molecular weight excluding hydrogens is 472 g/mol. The van der Waals surface area contributed by atoms with E-state index in [1.807, 2.05) is 20.8 Å². The summed E-state index contributed by atoms with van der Waals surface area (Å²) in [7, 11) is 0. The Morgan fingerprint density at radius 1 is 0.889 bits per heavy atom. The molecule has 3 fully saturated rings. The van der Waals surface area contributed by atoms with Crippen LogP contribution in [0.25, 0.3) is 0 Å². The topological polar surface area (TPSA) is 128 Å². The maximum atomic E-state index is 13.2. The van der Waals surface area contributed by atoms with Crippen LogP contribution in [0.15, 0.2) is 22.8 Å². The van der Waals surface area contributed by atoms with E-state index in [-0.39, 0.29) is 11.7 Å². The monoisotopic (exact) mass is 506 g/mol. The molecule has 0 radical (unpaired) electrons. The van der Waals surface area contributed by atoms with E-state index >= 15 is 0 Å². The van der Waals surface area contributed by atoms with Crippen molar-refractivity contribution in [2.24, 2.45) is 17.3 Å². The third-order valence-corrected chi connectivity index (χ3v) is 8.19. The number of fused-ring (bicyclic) bond motifs is 1. The first-order valence-electron chi connectivity index (χ1n) is 12.2. The fourth-order valence-electron chi connectivity index (χ4n) is 7.00. The minimum atomic E-state index is -1.26. The van der Waals surface area contributed by atoms with Crippen molar-refractivity contribution in [3.63, 3.8) is 0 Å². The van der Waals surface area contributed by atoms with Crippen LogP contribution >= 0.6 is 0 Å². The van der Waals surface area contributed by atoms with E-state index in [2.05, 4.69) is 0 Å². The van der Waals surface area contributed by atoms with Gasteiger partial charge in [-0.3, -0.25) is 14.4 Å². The van der Waals surface area contributed by atoms with Crippen molar-refractivity contribution in [2.75, 3.05) is 0 Å². The number of rotatable bonds is 5. The van der Waals surface area contributed by atoms with Crippen LogP contribution in [0.2, 0.25) is 0 Å². The van der Waals surface area contributed by atoms with Gasteiger partial charge in [0, 0.05) is 20.8 Å². The van der Waals surface area contributed by atoms with Gasteiger partial charge in [-0.15, -0.1) is 0 Å². The van der Waals surface area contributed by atoms with E-state index in [1.54, 1.807) is 13.0 Å². The van der Waals surface area contributed by atoms with Crippen LogP contribution in [-0.4, -0.2) is 59.5 Å². The zero-order valence-electron chi connectivity index (χ0n) is 21.7. The van der Waals surface area contributed by atoms with Gasteiger partial charge in [0.2, 0.25) is 5.76 Å². The number of carbonyl (C=O) groups excluding carboxylic acids is 4. The highest BCUT2D eigenvalue weighted by Crippen LogP contribution is 2.68. The van der Waals surface area contributed by atoms with Gasteiger partial charge in [-0.2, -0.15) is 0 Å². The van der Waals surface area contributed by atoms with Gasteiger partial charge in [-0.1, -0.05) is 6.92 Å². The Bertz CT molecular complexity index is 1050. The van der Waals surface area contributed by atoms with Gasteiger partial charge in [0.15, 0.2) is 6.10 Å². The van der Waals surface area contributed by atoms with Crippen molar-refractivity contribution < 1.29 is 47.3 Å². The first-order valence-corrected chi connectivity index (χ1v) is 12.2. The molecule has 10 nitrogen and oxygen atoms in total. The maximum absolute atomic E-state index is 13.2. The van der Waals surface area contributed by atoms with Gasteiger partial charge in [0.05, 0.1) is 23.2 Å². The zero-order valence-corrected chi connectivity index (χ0v) is 21.7. The molecule has 4 rings (SSSR count). The highest BCUT2D eigenvalue weighted by molar-refractivity contribution is 5.86. The average Bonchev–Trinajstić information content (AvgIpc) is 3.35. The molecule has 3 aliphatic rings. The number of esters is 4. The third-order valence-electron chi connectivity index (χ3n) is 8.19. The SMILES string of the molecule is CC(=O)O[C@@H]1[C@@H]2[C@@H](OC(C)=O)[C@]3(OC2(C)C)[C@H](C)CC[C@H](OC(C)=O)[C@@]3(C)[C@H]1OC(=O)c1ccco1. The van der Waals surface area contributed by atoms with Crippen molar-refractivity contribution >= 4 is 23.9 Å². The highest BCUT2D eigenvalue weighted by Gasteiger charge is 2.82. The molecule has 0 aromatic carbocycles. The minimum Gasteiger partial charge on any atom is -0.462 e.